The number of likely N-dealkylation sites (N-methyl/N-ethyl adjacent to an activating group) is 1. The van der Waals surface area contributed by atoms with Gasteiger partial charge >= 0.3 is 0 Å². The first kappa shape index (κ1) is 23.7. The summed E-state index contributed by atoms with van der Waals surface area (Å²) >= 11 is 0. The fourth-order valence-electron chi connectivity index (χ4n) is 4.03. The van der Waals surface area contributed by atoms with E-state index in [1.807, 2.05) is 0 Å². The summed E-state index contributed by atoms with van der Waals surface area (Å²) in [5.41, 5.74) is 1.41. The third-order valence-electron chi connectivity index (χ3n) is 6.12. The molecule has 0 aromatic heterocycles. The van der Waals surface area contributed by atoms with Crippen molar-refractivity contribution >= 4 is 5.91 Å². The normalized spacial score (nSPS) is 14.9. The summed E-state index contributed by atoms with van der Waals surface area (Å²) in [7, 11) is 3.84. The van der Waals surface area contributed by atoms with Gasteiger partial charge in [0.05, 0.1) is 7.11 Å². The predicted molar refractivity (Wildman–Crippen MR) is 122 cm³/mol. The van der Waals surface area contributed by atoms with Crippen molar-refractivity contribution in [2.75, 3.05) is 40.3 Å². The van der Waals surface area contributed by atoms with E-state index in [1.165, 1.54) is 69.8 Å². The van der Waals surface area contributed by atoms with Gasteiger partial charge < -0.3 is 14.5 Å². The van der Waals surface area contributed by atoms with Gasteiger partial charge in [0.25, 0.3) is 0 Å². The van der Waals surface area contributed by atoms with Crippen LogP contribution in [0.2, 0.25) is 0 Å². The van der Waals surface area contributed by atoms with Crippen molar-refractivity contribution in [3.63, 3.8) is 0 Å². The van der Waals surface area contributed by atoms with Crippen LogP contribution in [0, 0.1) is 0 Å². The first-order valence-corrected chi connectivity index (χ1v) is 11.8. The highest BCUT2D eigenvalue weighted by Crippen LogP contribution is 2.15. The van der Waals surface area contributed by atoms with Gasteiger partial charge in [0, 0.05) is 32.6 Å². The van der Waals surface area contributed by atoms with Gasteiger partial charge in [-0.3, -0.25) is 4.79 Å². The maximum Gasteiger partial charge on any atom is 0.222 e. The van der Waals surface area contributed by atoms with Crippen LogP contribution in [0.1, 0.15) is 76.2 Å². The number of amides is 1. The number of benzene rings is 1. The summed E-state index contributed by atoms with van der Waals surface area (Å²) in [4.78, 5) is 16.5. The van der Waals surface area contributed by atoms with E-state index in [0.717, 1.165) is 44.8 Å². The van der Waals surface area contributed by atoms with Crippen LogP contribution in [0.15, 0.2) is 24.3 Å². The molecular weight excluding hydrogens is 360 g/mol. The molecule has 4 heteroatoms. The predicted octanol–water partition coefficient (Wildman–Crippen LogP) is 5.30. The molecule has 0 bridgehead atoms. The topological polar surface area (TPSA) is 32.8 Å². The summed E-state index contributed by atoms with van der Waals surface area (Å²) in [5, 5.41) is 0. The molecule has 4 nitrogen and oxygen atoms in total. The number of aryl methyl sites for hydroxylation is 1. The Bertz CT molecular complexity index is 550. The van der Waals surface area contributed by atoms with Gasteiger partial charge in [0.2, 0.25) is 5.91 Å². The largest absolute Gasteiger partial charge is 0.497 e. The summed E-state index contributed by atoms with van der Waals surface area (Å²) in [6, 6.07) is 8.46. The molecule has 1 aliphatic rings. The van der Waals surface area contributed by atoms with E-state index in [0.29, 0.717) is 5.91 Å². The minimum atomic E-state index is 0.368. The molecule has 0 spiro atoms. The molecule has 0 aliphatic carbocycles. The number of hydrogen-bond donors (Lipinski definition) is 0. The fraction of sp³-hybridized carbons (Fsp3) is 0.720. The maximum absolute atomic E-state index is 12.2. The Morgan fingerprint density at radius 3 is 1.86 bits per heavy atom. The SMILES string of the molecule is COc1ccc(CCCCCCCCCCCCC(=O)N2CCN(C)CC2)cc1. The lowest BCUT2D eigenvalue weighted by Gasteiger charge is -2.32. The summed E-state index contributed by atoms with van der Waals surface area (Å²) < 4.78 is 5.20. The number of rotatable bonds is 14. The van der Waals surface area contributed by atoms with Crippen molar-refractivity contribution in [2.45, 2.75) is 77.0 Å². The Kier molecular flexibility index (Phi) is 11.8. The minimum absolute atomic E-state index is 0.368. The second-order valence-electron chi connectivity index (χ2n) is 8.57. The first-order valence-electron chi connectivity index (χ1n) is 11.8. The molecular formula is C25H42N2O2. The number of ether oxygens (including phenoxy) is 1. The lowest BCUT2D eigenvalue weighted by atomic mass is 10.0. The maximum atomic E-state index is 12.2. The van der Waals surface area contributed by atoms with Crippen LogP contribution in [0.3, 0.4) is 0 Å². The summed E-state index contributed by atoms with van der Waals surface area (Å²) in [6.07, 6.45) is 14.9. The smallest absolute Gasteiger partial charge is 0.222 e. The quantitative estimate of drug-likeness (QED) is 0.396. The lowest BCUT2D eigenvalue weighted by Crippen LogP contribution is -2.47. The van der Waals surface area contributed by atoms with Gasteiger partial charge in [0.15, 0.2) is 0 Å². The van der Waals surface area contributed by atoms with Crippen LogP contribution in [0.25, 0.3) is 0 Å². The van der Waals surface area contributed by atoms with Crippen LogP contribution in [-0.2, 0) is 11.2 Å². The van der Waals surface area contributed by atoms with Crippen molar-refractivity contribution in [3.05, 3.63) is 29.8 Å². The van der Waals surface area contributed by atoms with Crippen LogP contribution in [0.4, 0.5) is 0 Å². The van der Waals surface area contributed by atoms with Crippen molar-refractivity contribution in [1.29, 1.82) is 0 Å². The number of nitrogens with zero attached hydrogens (tertiary/aromatic N) is 2. The van der Waals surface area contributed by atoms with Gasteiger partial charge in [-0.05, 0) is 44.0 Å². The molecule has 164 valence electrons. The first-order chi connectivity index (χ1) is 14.2. The molecule has 1 fully saturated rings. The second kappa shape index (κ2) is 14.4. The van der Waals surface area contributed by atoms with Crippen molar-refractivity contribution < 1.29 is 9.53 Å². The Labute approximate surface area is 178 Å². The van der Waals surface area contributed by atoms with Crippen LogP contribution in [0.5, 0.6) is 5.75 Å². The van der Waals surface area contributed by atoms with Crippen molar-refractivity contribution in [1.82, 2.24) is 9.80 Å². The Morgan fingerprint density at radius 1 is 0.793 bits per heavy atom. The zero-order chi connectivity index (χ0) is 20.7. The highest BCUT2D eigenvalue weighted by molar-refractivity contribution is 5.76. The van der Waals surface area contributed by atoms with Crippen molar-refractivity contribution in [3.8, 4) is 5.75 Å². The second-order valence-corrected chi connectivity index (χ2v) is 8.57. The minimum Gasteiger partial charge on any atom is -0.497 e. The van der Waals surface area contributed by atoms with Gasteiger partial charge in [-0.2, -0.15) is 0 Å². The number of hydrogen-bond acceptors (Lipinski definition) is 3. The molecule has 0 unspecified atom stereocenters. The molecule has 29 heavy (non-hydrogen) atoms. The Balaban J connectivity index is 1.34. The summed E-state index contributed by atoms with van der Waals surface area (Å²) in [5.74, 6) is 1.31. The van der Waals surface area contributed by atoms with Crippen LogP contribution >= 0.6 is 0 Å². The molecule has 1 aromatic carbocycles. The Hall–Kier alpha value is -1.55. The molecule has 1 aromatic rings. The molecule has 1 aliphatic heterocycles. The highest BCUT2D eigenvalue weighted by Gasteiger charge is 2.18. The molecule has 0 N–H and O–H groups in total. The molecule has 1 heterocycles. The van der Waals surface area contributed by atoms with Gasteiger partial charge in [-0.25, -0.2) is 0 Å². The molecule has 0 saturated carbocycles. The number of methoxy groups -OCH3 is 1. The molecule has 0 atom stereocenters. The number of carbonyl (C=O) groups is 1. The third kappa shape index (κ3) is 10.2. The van der Waals surface area contributed by atoms with Crippen LogP contribution < -0.4 is 4.74 Å². The molecule has 0 radical (unpaired) electrons. The van der Waals surface area contributed by atoms with E-state index in [1.54, 1.807) is 7.11 Å². The standard InChI is InChI=1S/C25H42N2O2/c1-26-19-21-27(22-20-26)25(28)14-12-10-8-6-4-3-5-7-9-11-13-23-15-17-24(29-2)18-16-23/h15-18H,3-14,19-22H2,1-2H3. The van der Waals surface area contributed by atoms with E-state index in [-0.39, 0.29) is 0 Å². The van der Waals surface area contributed by atoms with E-state index in [2.05, 4.69) is 41.1 Å². The van der Waals surface area contributed by atoms with E-state index in [9.17, 15) is 4.79 Å². The van der Waals surface area contributed by atoms with E-state index >= 15 is 0 Å². The summed E-state index contributed by atoms with van der Waals surface area (Å²) in [6.45, 7) is 3.87. The van der Waals surface area contributed by atoms with E-state index < -0.39 is 0 Å². The van der Waals surface area contributed by atoms with Gasteiger partial charge in [-0.1, -0.05) is 63.5 Å². The third-order valence-corrected chi connectivity index (χ3v) is 6.12. The van der Waals surface area contributed by atoms with Crippen molar-refractivity contribution in [2.24, 2.45) is 0 Å². The molecule has 2 rings (SSSR count). The number of carbonyl (C=O) groups excluding carboxylic acids is 1. The number of unbranched alkanes of at least 4 members (excludes halogenated alkanes) is 9. The molecule has 1 amide bonds. The van der Waals surface area contributed by atoms with Crippen LogP contribution in [-0.4, -0.2) is 56.0 Å². The highest BCUT2D eigenvalue weighted by atomic mass is 16.5. The average molecular weight is 403 g/mol. The average Bonchev–Trinajstić information content (AvgIpc) is 2.75. The van der Waals surface area contributed by atoms with Gasteiger partial charge in [0.1, 0.15) is 5.75 Å². The van der Waals surface area contributed by atoms with Gasteiger partial charge in [-0.15, -0.1) is 0 Å². The monoisotopic (exact) mass is 402 g/mol. The lowest BCUT2D eigenvalue weighted by molar-refractivity contribution is -0.132. The zero-order valence-corrected chi connectivity index (χ0v) is 18.8. The fourth-order valence-corrected chi connectivity index (χ4v) is 4.03. The Morgan fingerprint density at radius 2 is 1.31 bits per heavy atom. The molecule has 1 saturated heterocycles. The zero-order valence-electron chi connectivity index (χ0n) is 18.8. The number of piperazine rings is 1. The van der Waals surface area contributed by atoms with E-state index in [4.69, 9.17) is 4.74 Å².